The summed E-state index contributed by atoms with van der Waals surface area (Å²) >= 11 is 0. The highest BCUT2D eigenvalue weighted by molar-refractivity contribution is 5.84. The first-order valence-electron chi connectivity index (χ1n) is 7.78. The van der Waals surface area contributed by atoms with Crippen LogP contribution in [0, 0.1) is 5.41 Å². The molecule has 0 spiro atoms. The third kappa shape index (κ3) is 2.95. The van der Waals surface area contributed by atoms with Crippen molar-refractivity contribution in [2.45, 2.75) is 58.0 Å². The number of piperidine rings is 1. The molecule has 0 aromatic heterocycles. The van der Waals surface area contributed by atoms with Gasteiger partial charge in [-0.2, -0.15) is 0 Å². The van der Waals surface area contributed by atoms with Gasteiger partial charge < -0.3 is 15.3 Å². The predicted molar refractivity (Wildman–Crippen MR) is 75.9 cm³/mol. The van der Waals surface area contributed by atoms with Gasteiger partial charge in [-0.3, -0.25) is 4.79 Å². The summed E-state index contributed by atoms with van der Waals surface area (Å²) in [6, 6.07) is 0. The lowest BCUT2D eigenvalue weighted by Gasteiger charge is -2.51. The van der Waals surface area contributed by atoms with E-state index in [0.29, 0.717) is 13.1 Å². The van der Waals surface area contributed by atoms with Crippen LogP contribution in [0.1, 0.15) is 52.4 Å². The number of carbonyl (C=O) groups is 1. The van der Waals surface area contributed by atoms with E-state index in [2.05, 4.69) is 19.2 Å². The third-order valence-corrected chi connectivity index (χ3v) is 4.63. The van der Waals surface area contributed by atoms with E-state index >= 15 is 0 Å². The summed E-state index contributed by atoms with van der Waals surface area (Å²) in [7, 11) is 0. The van der Waals surface area contributed by atoms with E-state index in [-0.39, 0.29) is 11.3 Å². The summed E-state index contributed by atoms with van der Waals surface area (Å²) in [5.74, 6) is 0.266. The van der Waals surface area contributed by atoms with E-state index in [1.54, 1.807) is 0 Å². The van der Waals surface area contributed by atoms with Crippen LogP contribution in [0.2, 0.25) is 0 Å². The summed E-state index contributed by atoms with van der Waals surface area (Å²) in [6.45, 7) is 7.12. The van der Waals surface area contributed by atoms with Gasteiger partial charge in [0.1, 0.15) is 0 Å². The van der Waals surface area contributed by atoms with Crippen LogP contribution in [0.3, 0.4) is 0 Å². The van der Waals surface area contributed by atoms with Crippen molar-refractivity contribution in [1.29, 1.82) is 0 Å². The minimum Gasteiger partial charge on any atom is -0.386 e. The first kappa shape index (κ1) is 14.8. The maximum absolute atomic E-state index is 12.8. The molecule has 2 N–H and O–H groups in total. The molecule has 0 radical (unpaired) electrons. The van der Waals surface area contributed by atoms with Gasteiger partial charge in [-0.15, -0.1) is 0 Å². The largest absolute Gasteiger partial charge is 0.386 e. The van der Waals surface area contributed by atoms with Crippen LogP contribution in [-0.2, 0) is 4.79 Å². The molecule has 4 heteroatoms. The van der Waals surface area contributed by atoms with Crippen molar-refractivity contribution in [3.63, 3.8) is 0 Å². The molecule has 1 unspecified atom stereocenters. The molecule has 19 heavy (non-hydrogen) atoms. The predicted octanol–water partition coefficient (Wildman–Crippen LogP) is 1.53. The summed E-state index contributed by atoms with van der Waals surface area (Å²) in [5.41, 5.74) is -0.819. The van der Waals surface area contributed by atoms with E-state index in [0.717, 1.165) is 51.6 Å². The molecular weight excluding hydrogens is 240 g/mol. The molecule has 2 saturated heterocycles. The van der Waals surface area contributed by atoms with Crippen molar-refractivity contribution in [1.82, 2.24) is 10.2 Å². The number of aliphatic hydroxyl groups is 1. The van der Waals surface area contributed by atoms with Gasteiger partial charge in [0.2, 0.25) is 5.91 Å². The summed E-state index contributed by atoms with van der Waals surface area (Å²) < 4.78 is 0. The van der Waals surface area contributed by atoms with Crippen molar-refractivity contribution in [2.75, 3.05) is 26.2 Å². The Kier molecular flexibility index (Phi) is 4.51. The molecule has 2 aliphatic heterocycles. The SMILES string of the molecule is CCCC1(O)CN(C(=O)C2(CCC)CCCNC2)C1. The second kappa shape index (κ2) is 5.80. The summed E-state index contributed by atoms with van der Waals surface area (Å²) in [6.07, 6.45) is 5.85. The zero-order valence-electron chi connectivity index (χ0n) is 12.4. The van der Waals surface area contributed by atoms with Gasteiger partial charge in [-0.25, -0.2) is 0 Å². The zero-order chi connectivity index (χ0) is 13.9. The highest BCUT2D eigenvalue weighted by Crippen LogP contribution is 2.37. The molecule has 0 aromatic carbocycles. The van der Waals surface area contributed by atoms with Gasteiger partial charge >= 0.3 is 0 Å². The molecule has 0 aromatic rings. The number of nitrogens with zero attached hydrogens (tertiary/aromatic N) is 1. The van der Waals surface area contributed by atoms with Crippen molar-refractivity contribution < 1.29 is 9.90 Å². The van der Waals surface area contributed by atoms with Gasteiger partial charge in [0.25, 0.3) is 0 Å². The first-order chi connectivity index (χ1) is 9.05. The topological polar surface area (TPSA) is 52.6 Å². The maximum Gasteiger partial charge on any atom is 0.230 e. The molecule has 110 valence electrons. The Labute approximate surface area is 116 Å². The molecule has 1 amide bonds. The van der Waals surface area contributed by atoms with Crippen LogP contribution in [0.25, 0.3) is 0 Å². The fraction of sp³-hybridized carbons (Fsp3) is 0.933. The molecule has 0 aliphatic carbocycles. The van der Waals surface area contributed by atoms with Crippen molar-refractivity contribution in [3.8, 4) is 0 Å². The van der Waals surface area contributed by atoms with Crippen LogP contribution in [-0.4, -0.2) is 47.7 Å². The minimum atomic E-state index is -0.611. The van der Waals surface area contributed by atoms with Gasteiger partial charge in [-0.05, 0) is 32.2 Å². The average Bonchev–Trinajstić information content (AvgIpc) is 2.36. The van der Waals surface area contributed by atoms with Crippen LogP contribution < -0.4 is 5.32 Å². The molecule has 2 rings (SSSR count). The molecule has 2 heterocycles. The van der Waals surface area contributed by atoms with E-state index < -0.39 is 5.60 Å². The number of nitrogens with one attached hydrogen (secondary N) is 1. The van der Waals surface area contributed by atoms with E-state index in [9.17, 15) is 9.90 Å². The Morgan fingerprint density at radius 1 is 1.26 bits per heavy atom. The van der Waals surface area contributed by atoms with Crippen LogP contribution in [0.15, 0.2) is 0 Å². The quantitative estimate of drug-likeness (QED) is 0.795. The normalized spacial score (nSPS) is 29.9. The second-order valence-electron chi connectivity index (χ2n) is 6.45. The Bertz CT molecular complexity index is 313. The highest BCUT2D eigenvalue weighted by atomic mass is 16.3. The number of likely N-dealkylation sites (tertiary alicyclic amines) is 1. The fourth-order valence-corrected chi connectivity index (χ4v) is 3.72. The molecule has 4 nitrogen and oxygen atoms in total. The monoisotopic (exact) mass is 268 g/mol. The highest BCUT2D eigenvalue weighted by Gasteiger charge is 2.49. The molecule has 0 bridgehead atoms. The number of β-amino-alcohol motifs (C(OH)–C–C–N with tert-alkyl or cyclic N) is 1. The van der Waals surface area contributed by atoms with Crippen molar-refractivity contribution in [3.05, 3.63) is 0 Å². The molecular formula is C15H28N2O2. The third-order valence-electron chi connectivity index (χ3n) is 4.63. The second-order valence-corrected chi connectivity index (χ2v) is 6.45. The van der Waals surface area contributed by atoms with Crippen molar-refractivity contribution >= 4 is 5.91 Å². The molecule has 2 fully saturated rings. The smallest absolute Gasteiger partial charge is 0.230 e. The Morgan fingerprint density at radius 3 is 2.47 bits per heavy atom. The van der Waals surface area contributed by atoms with Crippen molar-refractivity contribution in [2.24, 2.45) is 5.41 Å². The van der Waals surface area contributed by atoms with Crippen LogP contribution >= 0.6 is 0 Å². The Balaban J connectivity index is 1.98. The van der Waals surface area contributed by atoms with Crippen LogP contribution in [0.5, 0.6) is 0 Å². The zero-order valence-corrected chi connectivity index (χ0v) is 12.4. The van der Waals surface area contributed by atoms with Gasteiger partial charge in [0.15, 0.2) is 0 Å². The minimum absolute atomic E-state index is 0.208. The lowest BCUT2D eigenvalue weighted by atomic mass is 9.74. The fourth-order valence-electron chi connectivity index (χ4n) is 3.72. The average molecular weight is 268 g/mol. The lowest BCUT2D eigenvalue weighted by Crippen LogP contribution is -2.67. The number of amides is 1. The molecule has 0 saturated carbocycles. The van der Waals surface area contributed by atoms with Gasteiger partial charge in [-0.1, -0.05) is 26.7 Å². The first-order valence-corrected chi connectivity index (χ1v) is 7.78. The molecule has 2 aliphatic rings. The van der Waals surface area contributed by atoms with E-state index in [1.807, 2.05) is 4.90 Å². The van der Waals surface area contributed by atoms with Gasteiger partial charge in [0, 0.05) is 6.54 Å². The van der Waals surface area contributed by atoms with E-state index in [4.69, 9.17) is 0 Å². The van der Waals surface area contributed by atoms with E-state index in [1.165, 1.54) is 0 Å². The maximum atomic E-state index is 12.8. The number of hydrogen-bond donors (Lipinski definition) is 2. The lowest BCUT2D eigenvalue weighted by molar-refractivity contribution is -0.168. The summed E-state index contributed by atoms with van der Waals surface area (Å²) in [4.78, 5) is 14.6. The number of hydrogen-bond acceptors (Lipinski definition) is 3. The number of rotatable bonds is 5. The standard InChI is InChI=1S/C15H28N2O2/c1-3-6-14(8-5-9-16-10-14)13(18)17-11-15(19,12-17)7-4-2/h16,19H,3-12H2,1-2H3. The molecule has 1 atom stereocenters. The summed E-state index contributed by atoms with van der Waals surface area (Å²) in [5, 5.41) is 13.6. The Morgan fingerprint density at radius 2 is 1.95 bits per heavy atom. The Hall–Kier alpha value is -0.610. The number of carbonyl (C=O) groups excluding carboxylic acids is 1. The van der Waals surface area contributed by atoms with Crippen LogP contribution in [0.4, 0.5) is 0 Å². The van der Waals surface area contributed by atoms with Gasteiger partial charge in [0.05, 0.1) is 24.1 Å².